The van der Waals surface area contributed by atoms with Crippen LogP contribution >= 0.6 is 11.6 Å². The van der Waals surface area contributed by atoms with Gasteiger partial charge in [-0.3, -0.25) is 9.69 Å². The van der Waals surface area contributed by atoms with Crippen LogP contribution in [0, 0.1) is 0 Å². The van der Waals surface area contributed by atoms with E-state index in [0.29, 0.717) is 11.1 Å². The molecule has 1 aliphatic carbocycles. The molecule has 0 saturated heterocycles. The number of carbonyl (C=O) groups is 1. The summed E-state index contributed by atoms with van der Waals surface area (Å²) in [5.74, 6) is -0.304. The Morgan fingerprint density at radius 1 is 1.33 bits per heavy atom. The van der Waals surface area contributed by atoms with Gasteiger partial charge in [-0.25, -0.2) is 0 Å². The third-order valence-electron chi connectivity index (χ3n) is 4.20. The summed E-state index contributed by atoms with van der Waals surface area (Å²) >= 11 is 5.97. The van der Waals surface area contributed by atoms with Crippen LogP contribution in [0.1, 0.15) is 44.2 Å². The van der Waals surface area contributed by atoms with Gasteiger partial charge in [-0.1, -0.05) is 36.6 Å². The third kappa shape index (κ3) is 4.19. The molecular weight excluding hydrogens is 286 g/mol. The van der Waals surface area contributed by atoms with Gasteiger partial charge in [0.25, 0.3) is 0 Å². The van der Waals surface area contributed by atoms with Crippen molar-refractivity contribution in [2.75, 3.05) is 6.54 Å². The van der Waals surface area contributed by atoms with Crippen LogP contribution in [0.5, 0.6) is 0 Å². The minimum atomic E-state index is -0.304. The van der Waals surface area contributed by atoms with Crippen LogP contribution in [0.15, 0.2) is 24.3 Å². The summed E-state index contributed by atoms with van der Waals surface area (Å²) in [6.07, 6.45) is 4.60. The molecule has 0 bridgehead atoms. The molecule has 1 aromatic rings. The molecule has 1 aliphatic rings. The molecule has 5 heteroatoms. The molecule has 0 aliphatic heterocycles. The highest BCUT2D eigenvalue weighted by Crippen LogP contribution is 2.32. The molecule has 4 N–H and O–H groups in total. The lowest BCUT2D eigenvalue weighted by Gasteiger charge is -2.38. The number of amides is 1. The Labute approximate surface area is 131 Å². The highest BCUT2D eigenvalue weighted by Gasteiger charge is 2.32. The minimum Gasteiger partial charge on any atom is -0.369 e. The van der Waals surface area contributed by atoms with Crippen molar-refractivity contribution in [3.63, 3.8) is 0 Å². The second-order valence-corrected chi connectivity index (χ2v) is 6.37. The molecule has 2 rings (SSSR count). The maximum Gasteiger partial charge on any atom is 0.231 e. The first-order valence-electron chi connectivity index (χ1n) is 7.54. The van der Waals surface area contributed by atoms with Crippen molar-refractivity contribution < 1.29 is 4.79 Å². The van der Waals surface area contributed by atoms with E-state index in [1.165, 1.54) is 12.8 Å². The predicted octanol–water partition coefficient (Wildman–Crippen LogP) is 2.46. The van der Waals surface area contributed by atoms with Crippen LogP contribution in [0.2, 0.25) is 5.02 Å². The van der Waals surface area contributed by atoms with E-state index >= 15 is 0 Å². The maximum absolute atomic E-state index is 11.5. The second-order valence-electron chi connectivity index (χ2n) is 5.93. The van der Waals surface area contributed by atoms with E-state index in [1.54, 1.807) is 0 Å². The standard InChI is InChI=1S/C16H24ClN3O/c1-11(18)16(12-6-8-13(17)9-7-12)20(10-15(19)21)14-4-2-3-5-14/h6-9,11,14,16H,2-5,10,18H2,1H3,(H2,19,21). The van der Waals surface area contributed by atoms with Crippen molar-refractivity contribution in [1.29, 1.82) is 0 Å². The lowest BCUT2D eigenvalue weighted by Crippen LogP contribution is -2.47. The first-order valence-corrected chi connectivity index (χ1v) is 7.92. The van der Waals surface area contributed by atoms with Crippen molar-refractivity contribution in [2.45, 2.75) is 50.7 Å². The number of hydrogen-bond acceptors (Lipinski definition) is 3. The van der Waals surface area contributed by atoms with Crippen molar-refractivity contribution in [3.8, 4) is 0 Å². The van der Waals surface area contributed by atoms with E-state index in [1.807, 2.05) is 31.2 Å². The van der Waals surface area contributed by atoms with Crippen LogP contribution in [-0.4, -0.2) is 29.4 Å². The second kappa shape index (κ2) is 7.25. The summed E-state index contributed by atoms with van der Waals surface area (Å²) in [7, 11) is 0. The van der Waals surface area contributed by atoms with Crippen molar-refractivity contribution in [1.82, 2.24) is 4.90 Å². The van der Waals surface area contributed by atoms with Gasteiger partial charge < -0.3 is 11.5 Å². The Bertz CT molecular complexity index is 469. The minimum absolute atomic E-state index is 0.0159. The van der Waals surface area contributed by atoms with Gasteiger partial charge in [0.1, 0.15) is 0 Å². The molecule has 1 amide bonds. The Morgan fingerprint density at radius 3 is 2.38 bits per heavy atom. The number of hydrogen-bond donors (Lipinski definition) is 2. The fourth-order valence-electron chi connectivity index (χ4n) is 3.33. The highest BCUT2D eigenvalue weighted by molar-refractivity contribution is 6.30. The van der Waals surface area contributed by atoms with Gasteiger partial charge in [-0.2, -0.15) is 0 Å². The summed E-state index contributed by atoms with van der Waals surface area (Å²) in [6.45, 7) is 2.22. The normalized spacial score (nSPS) is 18.9. The van der Waals surface area contributed by atoms with E-state index in [0.717, 1.165) is 18.4 Å². The van der Waals surface area contributed by atoms with E-state index in [9.17, 15) is 4.79 Å². The first kappa shape index (κ1) is 16.3. The molecule has 116 valence electrons. The summed E-state index contributed by atoms with van der Waals surface area (Å²) < 4.78 is 0. The quantitative estimate of drug-likeness (QED) is 0.848. The van der Waals surface area contributed by atoms with Gasteiger partial charge in [0.2, 0.25) is 5.91 Å². The topological polar surface area (TPSA) is 72.3 Å². The summed E-state index contributed by atoms with van der Waals surface area (Å²) in [4.78, 5) is 13.7. The molecule has 1 saturated carbocycles. The zero-order chi connectivity index (χ0) is 15.4. The van der Waals surface area contributed by atoms with Crippen LogP contribution < -0.4 is 11.5 Å². The Hall–Kier alpha value is -1.10. The van der Waals surface area contributed by atoms with Gasteiger partial charge in [0.05, 0.1) is 12.6 Å². The lowest BCUT2D eigenvalue weighted by atomic mass is 9.96. The summed E-state index contributed by atoms with van der Waals surface area (Å²) in [5.41, 5.74) is 12.8. The number of nitrogens with zero attached hydrogens (tertiary/aromatic N) is 1. The molecule has 2 atom stereocenters. The maximum atomic E-state index is 11.5. The number of benzene rings is 1. The molecule has 1 fully saturated rings. The fourth-order valence-corrected chi connectivity index (χ4v) is 3.45. The van der Waals surface area contributed by atoms with Gasteiger partial charge in [-0.15, -0.1) is 0 Å². The third-order valence-corrected chi connectivity index (χ3v) is 4.45. The van der Waals surface area contributed by atoms with Crippen molar-refractivity contribution in [2.24, 2.45) is 11.5 Å². The molecular formula is C16H24ClN3O. The summed E-state index contributed by atoms with van der Waals surface area (Å²) in [6, 6.07) is 7.97. The van der Waals surface area contributed by atoms with E-state index in [-0.39, 0.29) is 24.5 Å². The Balaban J connectivity index is 2.30. The van der Waals surface area contributed by atoms with Crippen LogP contribution in [-0.2, 0) is 4.79 Å². The van der Waals surface area contributed by atoms with Crippen molar-refractivity contribution >= 4 is 17.5 Å². The molecule has 1 aromatic carbocycles. The number of rotatable bonds is 6. The Kier molecular flexibility index (Phi) is 5.62. The van der Waals surface area contributed by atoms with Gasteiger partial charge in [-0.05, 0) is 37.5 Å². The zero-order valence-electron chi connectivity index (χ0n) is 12.5. The van der Waals surface area contributed by atoms with Gasteiger partial charge >= 0.3 is 0 Å². The number of nitrogens with two attached hydrogens (primary N) is 2. The van der Waals surface area contributed by atoms with E-state index in [2.05, 4.69) is 4.90 Å². The predicted molar refractivity (Wildman–Crippen MR) is 86.0 cm³/mol. The zero-order valence-corrected chi connectivity index (χ0v) is 13.2. The van der Waals surface area contributed by atoms with Crippen LogP contribution in [0.4, 0.5) is 0 Å². The molecule has 0 radical (unpaired) electrons. The summed E-state index contributed by atoms with van der Waals surface area (Å²) in [5, 5.41) is 0.699. The highest BCUT2D eigenvalue weighted by atomic mass is 35.5. The van der Waals surface area contributed by atoms with Crippen molar-refractivity contribution in [3.05, 3.63) is 34.9 Å². The molecule has 21 heavy (non-hydrogen) atoms. The van der Waals surface area contributed by atoms with Crippen LogP contribution in [0.25, 0.3) is 0 Å². The molecule has 2 unspecified atom stereocenters. The first-order chi connectivity index (χ1) is 9.99. The average molecular weight is 310 g/mol. The number of carbonyl (C=O) groups excluding carboxylic acids is 1. The fraction of sp³-hybridized carbons (Fsp3) is 0.562. The van der Waals surface area contributed by atoms with Gasteiger partial charge in [0, 0.05) is 17.1 Å². The smallest absolute Gasteiger partial charge is 0.231 e. The molecule has 0 aromatic heterocycles. The largest absolute Gasteiger partial charge is 0.369 e. The van der Waals surface area contributed by atoms with E-state index < -0.39 is 0 Å². The molecule has 0 spiro atoms. The molecule has 0 heterocycles. The molecule has 4 nitrogen and oxygen atoms in total. The Morgan fingerprint density at radius 2 is 1.90 bits per heavy atom. The number of primary amides is 1. The van der Waals surface area contributed by atoms with Gasteiger partial charge in [0.15, 0.2) is 0 Å². The lowest BCUT2D eigenvalue weighted by molar-refractivity contribution is -0.120. The van der Waals surface area contributed by atoms with Crippen LogP contribution in [0.3, 0.4) is 0 Å². The number of halogens is 1. The average Bonchev–Trinajstić information content (AvgIpc) is 2.93. The van der Waals surface area contributed by atoms with E-state index in [4.69, 9.17) is 23.1 Å². The SMILES string of the molecule is CC(N)C(c1ccc(Cl)cc1)N(CC(N)=O)C1CCCC1. The monoisotopic (exact) mass is 309 g/mol.